The minimum Gasteiger partial charge on any atom is -0.370 e. The van der Waals surface area contributed by atoms with Crippen molar-refractivity contribution in [1.82, 2.24) is 4.90 Å². The average Bonchev–Trinajstić information content (AvgIpc) is 3.00. The number of nitrogens with two attached hydrogens (primary N) is 1. The molecule has 2 aliphatic carbocycles. The summed E-state index contributed by atoms with van der Waals surface area (Å²) < 4.78 is 5.72. The van der Waals surface area contributed by atoms with Crippen molar-refractivity contribution in [1.29, 1.82) is 0 Å². The fourth-order valence-electron chi connectivity index (χ4n) is 4.36. The number of nitrogens with zero attached hydrogens (tertiary/aromatic N) is 1. The van der Waals surface area contributed by atoms with Crippen LogP contribution < -0.4 is 5.73 Å². The number of hydrogen-bond acceptors (Lipinski definition) is 3. The van der Waals surface area contributed by atoms with Gasteiger partial charge in [0, 0.05) is 26.1 Å². The van der Waals surface area contributed by atoms with Crippen molar-refractivity contribution in [3.8, 4) is 0 Å². The van der Waals surface area contributed by atoms with Crippen LogP contribution in [-0.4, -0.2) is 42.6 Å². The quantitative estimate of drug-likeness (QED) is 0.840. The van der Waals surface area contributed by atoms with Gasteiger partial charge in [0.25, 0.3) is 0 Å². The number of rotatable bonds is 3. The number of morpholine rings is 1. The molecule has 2 saturated carbocycles. The van der Waals surface area contributed by atoms with Gasteiger partial charge in [-0.2, -0.15) is 0 Å². The van der Waals surface area contributed by atoms with E-state index in [4.69, 9.17) is 10.5 Å². The van der Waals surface area contributed by atoms with E-state index in [1.54, 1.807) is 0 Å². The summed E-state index contributed by atoms with van der Waals surface area (Å²) in [5.74, 6) is 2.73. The maximum atomic E-state index is 12.5. The highest BCUT2D eigenvalue weighted by Gasteiger charge is 2.41. The van der Waals surface area contributed by atoms with Crippen LogP contribution in [0.25, 0.3) is 0 Å². The zero-order chi connectivity index (χ0) is 13.4. The SMILES string of the molecule is CC1CN(C(=O)CC2CC3CCC2C3)CC(CN)O1. The molecule has 2 N–H and O–H groups in total. The first-order valence-corrected chi connectivity index (χ1v) is 7.79. The van der Waals surface area contributed by atoms with Gasteiger partial charge in [-0.3, -0.25) is 4.79 Å². The molecule has 5 atom stereocenters. The normalized spacial score (nSPS) is 41.8. The van der Waals surface area contributed by atoms with Crippen molar-refractivity contribution in [3.05, 3.63) is 0 Å². The standard InChI is InChI=1S/C15H26N2O2/c1-10-8-17(9-14(7-16)19-10)15(18)6-13-5-11-2-3-12(13)4-11/h10-14H,2-9,16H2,1H3. The van der Waals surface area contributed by atoms with Gasteiger partial charge in [0.05, 0.1) is 12.2 Å². The molecule has 3 fully saturated rings. The number of fused-ring (bicyclic) bond motifs is 2. The van der Waals surface area contributed by atoms with Crippen molar-refractivity contribution < 1.29 is 9.53 Å². The Morgan fingerprint density at radius 1 is 1.32 bits per heavy atom. The van der Waals surface area contributed by atoms with E-state index < -0.39 is 0 Å². The Kier molecular flexibility index (Phi) is 3.81. The average molecular weight is 266 g/mol. The fraction of sp³-hybridized carbons (Fsp3) is 0.933. The highest BCUT2D eigenvalue weighted by Crippen LogP contribution is 2.49. The molecule has 0 aromatic rings. The maximum absolute atomic E-state index is 12.5. The molecule has 5 unspecified atom stereocenters. The van der Waals surface area contributed by atoms with Crippen LogP contribution in [0.1, 0.15) is 39.0 Å². The van der Waals surface area contributed by atoms with E-state index in [0.717, 1.165) is 24.8 Å². The molecule has 1 heterocycles. The predicted octanol–water partition coefficient (Wildman–Crippen LogP) is 1.39. The van der Waals surface area contributed by atoms with Crippen LogP contribution in [-0.2, 0) is 9.53 Å². The lowest BCUT2D eigenvalue weighted by Gasteiger charge is -2.37. The molecule has 4 nitrogen and oxygen atoms in total. The van der Waals surface area contributed by atoms with E-state index in [1.165, 1.54) is 25.7 Å². The minimum absolute atomic E-state index is 0.0210. The Morgan fingerprint density at radius 3 is 2.79 bits per heavy atom. The van der Waals surface area contributed by atoms with Crippen LogP contribution in [0.5, 0.6) is 0 Å². The Labute approximate surface area is 115 Å². The van der Waals surface area contributed by atoms with Gasteiger partial charge in [0.15, 0.2) is 0 Å². The van der Waals surface area contributed by atoms with E-state index in [0.29, 0.717) is 24.9 Å². The molecule has 1 aliphatic heterocycles. The van der Waals surface area contributed by atoms with Crippen molar-refractivity contribution in [2.75, 3.05) is 19.6 Å². The summed E-state index contributed by atoms with van der Waals surface area (Å²) in [6.07, 6.45) is 6.32. The predicted molar refractivity (Wildman–Crippen MR) is 73.5 cm³/mol. The zero-order valence-electron chi connectivity index (χ0n) is 11.9. The second-order valence-electron chi connectivity index (χ2n) is 6.74. The smallest absolute Gasteiger partial charge is 0.223 e. The largest absolute Gasteiger partial charge is 0.370 e. The van der Waals surface area contributed by atoms with Gasteiger partial charge in [0.1, 0.15) is 0 Å². The molecule has 108 valence electrons. The third kappa shape index (κ3) is 2.79. The van der Waals surface area contributed by atoms with Gasteiger partial charge < -0.3 is 15.4 Å². The monoisotopic (exact) mass is 266 g/mol. The first-order valence-electron chi connectivity index (χ1n) is 7.79. The van der Waals surface area contributed by atoms with Gasteiger partial charge in [-0.25, -0.2) is 0 Å². The van der Waals surface area contributed by atoms with Gasteiger partial charge in [-0.15, -0.1) is 0 Å². The number of carbonyl (C=O) groups is 1. The van der Waals surface area contributed by atoms with Gasteiger partial charge >= 0.3 is 0 Å². The molecule has 4 heteroatoms. The lowest BCUT2D eigenvalue weighted by Crippen LogP contribution is -2.51. The molecule has 1 amide bonds. The number of carbonyl (C=O) groups excluding carboxylic acids is 1. The minimum atomic E-state index is 0.0210. The van der Waals surface area contributed by atoms with Crippen molar-refractivity contribution in [3.63, 3.8) is 0 Å². The van der Waals surface area contributed by atoms with E-state index in [9.17, 15) is 4.79 Å². The van der Waals surface area contributed by atoms with Crippen molar-refractivity contribution in [2.24, 2.45) is 23.5 Å². The summed E-state index contributed by atoms with van der Waals surface area (Å²) in [4.78, 5) is 14.5. The highest BCUT2D eigenvalue weighted by molar-refractivity contribution is 5.76. The lowest BCUT2D eigenvalue weighted by atomic mass is 9.86. The van der Waals surface area contributed by atoms with E-state index in [1.807, 2.05) is 11.8 Å². The second kappa shape index (κ2) is 5.41. The summed E-state index contributed by atoms with van der Waals surface area (Å²) in [6.45, 7) is 3.94. The topological polar surface area (TPSA) is 55.6 Å². The fourth-order valence-corrected chi connectivity index (χ4v) is 4.36. The molecular formula is C15H26N2O2. The molecule has 0 aromatic carbocycles. The van der Waals surface area contributed by atoms with E-state index >= 15 is 0 Å². The first-order chi connectivity index (χ1) is 9.15. The summed E-state index contributed by atoms with van der Waals surface area (Å²) in [7, 11) is 0. The zero-order valence-corrected chi connectivity index (χ0v) is 11.9. The number of ether oxygens (including phenoxy) is 1. The van der Waals surface area contributed by atoms with Crippen LogP contribution in [0.4, 0.5) is 0 Å². The maximum Gasteiger partial charge on any atom is 0.223 e. The van der Waals surface area contributed by atoms with E-state index in [2.05, 4.69) is 0 Å². The Bertz CT molecular complexity index is 347. The molecule has 0 spiro atoms. The van der Waals surface area contributed by atoms with Crippen LogP contribution >= 0.6 is 0 Å². The first kappa shape index (κ1) is 13.4. The Hall–Kier alpha value is -0.610. The third-order valence-corrected chi connectivity index (χ3v) is 5.26. The molecule has 19 heavy (non-hydrogen) atoms. The molecule has 3 rings (SSSR count). The third-order valence-electron chi connectivity index (χ3n) is 5.26. The molecule has 2 bridgehead atoms. The highest BCUT2D eigenvalue weighted by atomic mass is 16.5. The summed E-state index contributed by atoms with van der Waals surface area (Å²) in [5.41, 5.74) is 5.68. The van der Waals surface area contributed by atoms with Crippen LogP contribution in [0, 0.1) is 17.8 Å². The van der Waals surface area contributed by atoms with Gasteiger partial charge in [0.2, 0.25) is 5.91 Å². The summed E-state index contributed by atoms with van der Waals surface area (Å²) >= 11 is 0. The van der Waals surface area contributed by atoms with Crippen LogP contribution in [0.15, 0.2) is 0 Å². The molecule has 3 aliphatic rings. The number of hydrogen-bond donors (Lipinski definition) is 1. The van der Waals surface area contributed by atoms with Crippen LogP contribution in [0.3, 0.4) is 0 Å². The van der Waals surface area contributed by atoms with Crippen LogP contribution in [0.2, 0.25) is 0 Å². The molecular weight excluding hydrogens is 240 g/mol. The Morgan fingerprint density at radius 2 is 2.16 bits per heavy atom. The molecule has 1 saturated heterocycles. The summed E-state index contributed by atoms with van der Waals surface area (Å²) in [5, 5.41) is 0. The van der Waals surface area contributed by atoms with Gasteiger partial charge in [-0.05, 0) is 43.9 Å². The van der Waals surface area contributed by atoms with Crippen molar-refractivity contribution in [2.45, 2.75) is 51.2 Å². The van der Waals surface area contributed by atoms with Crippen molar-refractivity contribution >= 4 is 5.91 Å². The van der Waals surface area contributed by atoms with Gasteiger partial charge in [-0.1, -0.05) is 6.42 Å². The van der Waals surface area contributed by atoms with E-state index in [-0.39, 0.29) is 12.2 Å². The number of amides is 1. The Balaban J connectivity index is 1.55. The summed E-state index contributed by atoms with van der Waals surface area (Å²) in [6, 6.07) is 0. The molecule has 0 radical (unpaired) electrons. The molecule has 0 aromatic heterocycles. The second-order valence-corrected chi connectivity index (χ2v) is 6.74. The lowest BCUT2D eigenvalue weighted by molar-refractivity contribution is -0.145.